The van der Waals surface area contributed by atoms with Crippen molar-refractivity contribution in [2.75, 3.05) is 11.4 Å². The van der Waals surface area contributed by atoms with Crippen LogP contribution in [0.3, 0.4) is 0 Å². The number of aromatic amines is 1. The molecule has 1 fully saturated rings. The van der Waals surface area contributed by atoms with E-state index in [2.05, 4.69) is 11.9 Å². The van der Waals surface area contributed by atoms with Gasteiger partial charge < -0.3 is 9.72 Å². The SMILES string of the molecule is CCCCCCC1CN(c2ccc3cc(=O)[nH]cc3c2)C(=O)O1. The van der Waals surface area contributed by atoms with Gasteiger partial charge in [-0.25, -0.2) is 4.79 Å². The van der Waals surface area contributed by atoms with E-state index in [1.807, 2.05) is 18.2 Å². The van der Waals surface area contributed by atoms with Crippen LogP contribution in [0.1, 0.15) is 39.0 Å². The molecule has 0 spiro atoms. The smallest absolute Gasteiger partial charge is 0.414 e. The Kier molecular flexibility index (Phi) is 4.65. The summed E-state index contributed by atoms with van der Waals surface area (Å²) in [6, 6.07) is 7.19. The third-order valence-corrected chi connectivity index (χ3v) is 4.29. The van der Waals surface area contributed by atoms with Crippen molar-refractivity contribution in [1.82, 2.24) is 4.98 Å². The summed E-state index contributed by atoms with van der Waals surface area (Å²) < 4.78 is 5.47. The predicted octanol–water partition coefficient (Wildman–Crippen LogP) is 3.82. The lowest BCUT2D eigenvalue weighted by Gasteiger charge is -2.13. The maximum Gasteiger partial charge on any atom is 0.414 e. The van der Waals surface area contributed by atoms with Gasteiger partial charge in [0.2, 0.25) is 5.56 Å². The molecule has 0 bridgehead atoms. The number of cyclic esters (lactones) is 1. The first-order valence-corrected chi connectivity index (χ1v) is 8.28. The molecule has 2 heterocycles. The molecule has 1 amide bonds. The molecule has 1 aromatic heterocycles. The number of unbranched alkanes of at least 4 members (excludes halogenated alkanes) is 3. The van der Waals surface area contributed by atoms with Gasteiger partial charge in [-0.15, -0.1) is 0 Å². The lowest BCUT2D eigenvalue weighted by Crippen LogP contribution is -2.24. The van der Waals surface area contributed by atoms with Crippen LogP contribution in [0.4, 0.5) is 10.5 Å². The minimum absolute atomic E-state index is 0.0226. The molecule has 1 N–H and O–H groups in total. The van der Waals surface area contributed by atoms with Crippen molar-refractivity contribution >= 4 is 22.6 Å². The first kappa shape index (κ1) is 15.6. The van der Waals surface area contributed by atoms with Crippen molar-refractivity contribution in [1.29, 1.82) is 0 Å². The zero-order chi connectivity index (χ0) is 16.2. The predicted molar refractivity (Wildman–Crippen MR) is 90.9 cm³/mol. The van der Waals surface area contributed by atoms with Crippen LogP contribution in [0.25, 0.3) is 10.8 Å². The number of hydrogen-bond donors (Lipinski definition) is 1. The fourth-order valence-electron chi connectivity index (χ4n) is 3.00. The van der Waals surface area contributed by atoms with Crippen LogP contribution in [0, 0.1) is 0 Å². The number of anilines is 1. The Hall–Kier alpha value is -2.30. The van der Waals surface area contributed by atoms with Gasteiger partial charge in [0.15, 0.2) is 0 Å². The van der Waals surface area contributed by atoms with E-state index in [9.17, 15) is 9.59 Å². The molecule has 23 heavy (non-hydrogen) atoms. The Bertz CT molecular complexity index is 753. The largest absolute Gasteiger partial charge is 0.444 e. The second kappa shape index (κ2) is 6.86. The van der Waals surface area contributed by atoms with Crippen LogP contribution in [0.15, 0.2) is 35.3 Å². The normalized spacial score (nSPS) is 17.7. The van der Waals surface area contributed by atoms with Gasteiger partial charge in [-0.05, 0) is 30.4 Å². The average molecular weight is 314 g/mol. The standard InChI is InChI=1S/C18H22N2O3/c1-2-3-4-5-6-16-12-20(18(22)23-16)15-8-7-13-10-17(21)19-11-14(13)9-15/h7-11,16H,2-6,12H2,1H3,(H,19,21). The number of hydrogen-bond acceptors (Lipinski definition) is 3. The van der Waals surface area contributed by atoms with Crippen LogP contribution in [0.2, 0.25) is 0 Å². The summed E-state index contributed by atoms with van der Waals surface area (Å²) in [6.07, 6.45) is 7.00. The molecule has 1 unspecified atom stereocenters. The van der Waals surface area contributed by atoms with Gasteiger partial charge >= 0.3 is 6.09 Å². The van der Waals surface area contributed by atoms with E-state index in [1.54, 1.807) is 17.2 Å². The summed E-state index contributed by atoms with van der Waals surface area (Å²) in [5.74, 6) is 0. The van der Waals surface area contributed by atoms with Crippen molar-refractivity contribution in [3.8, 4) is 0 Å². The Balaban J connectivity index is 1.70. The molecule has 5 heteroatoms. The van der Waals surface area contributed by atoms with Gasteiger partial charge in [-0.1, -0.05) is 32.3 Å². The Morgan fingerprint density at radius 3 is 2.87 bits per heavy atom. The number of H-pyrrole nitrogens is 1. The number of carbonyl (C=O) groups is 1. The minimum atomic E-state index is -0.283. The number of pyridine rings is 1. The average Bonchev–Trinajstić information content (AvgIpc) is 2.92. The molecule has 3 rings (SSSR count). The van der Waals surface area contributed by atoms with Crippen molar-refractivity contribution in [3.05, 3.63) is 40.8 Å². The lowest BCUT2D eigenvalue weighted by atomic mass is 10.1. The number of ether oxygens (including phenoxy) is 1. The van der Waals surface area contributed by atoms with Crippen molar-refractivity contribution in [2.45, 2.75) is 45.1 Å². The number of carbonyl (C=O) groups excluding carboxylic acids is 1. The van der Waals surface area contributed by atoms with E-state index in [0.29, 0.717) is 6.54 Å². The topological polar surface area (TPSA) is 62.4 Å². The van der Waals surface area contributed by atoms with E-state index in [1.165, 1.54) is 19.3 Å². The molecule has 2 aromatic rings. The summed E-state index contributed by atoms with van der Waals surface area (Å²) in [4.78, 5) is 27.8. The van der Waals surface area contributed by atoms with E-state index in [0.717, 1.165) is 29.3 Å². The molecule has 1 aliphatic heterocycles. The molecule has 1 aromatic carbocycles. The van der Waals surface area contributed by atoms with Gasteiger partial charge in [-0.2, -0.15) is 0 Å². The Labute approximate surface area is 135 Å². The van der Waals surface area contributed by atoms with Crippen LogP contribution >= 0.6 is 0 Å². The highest BCUT2D eigenvalue weighted by atomic mass is 16.6. The zero-order valence-electron chi connectivity index (χ0n) is 13.4. The van der Waals surface area contributed by atoms with E-state index < -0.39 is 0 Å². The van der Waals surface area contributed by atoms with Gasteiger partial charge in [0.25, 0.3) is 0 Å². The Morgan fingerprint density at radius 2 is 2.04 bits per heavy atom. The summed E-state index contributed by atoms with van der Waals surface area (Å²) in [5.41, 5.74) is 0.684. The van der Waals surface area contributed by atoms with Crippen LogP contribution in [0.5, 0.6) is 0 Å². The quantitative estimate of drug-likeness (QED) is 0.824. The molecular formula is C18H22N2O3. The van der Waals surface area contributed by atoms with Gasteiger partial charge in [-0.3, -0.25) is 9.69 Å². The molecule has 0 radical (unpaired) electrons. The van der Waals surface area contributed by atoms with Crippen molar-refractivity contribution in [2.24, 2.45) is 0 Å². The number of amides is 1. The molecule has 5 nitrogen and oxygen atoms in total. The molecule has 1 aliphatic rings. The summed E-state index contributed by atoms with van der Waals surface area (Å²) in [6.45, 7) is 2.78. The van der Waals surface area contributed by atoms with E-state index in [4.69, 9.17) is 4.74 Å². The zero-order valence-corrected chi connectivity index (χ0v) is 13.4. The van der Waals surface area contributed by atoms with E-state index >= 15 is 0 Å². The third-order valence-electron chi connectivity index (χ3n) is 4.29. The first-order valence-electron chi connectivity index (χ1n) is 8.28. The number of fused-ring (bicyclic) bond motifs is 1. The number of rotatable bonds is 6. The van der Waals surface area contributed by atoms with Crippen molar-refractivity contribution < 1.29 is 9.53 Å². The second-order valence-corrected chi connectivity index (χ2v) is 6.08. The maximum atomic E-state index is 12.1. The molecular weight excluding hydrogens is 292 g/mol. The highest BCUT2D eigenvalue weighted by Gasteiger charge is 2.31. The summed E-state index contributed by atoms with van der Waals surface area (Å²) >= 11 is 0. The lowest BCUT2D eigenvalue weighted by molar-refractivity contribution is 0.135. The minimum Gasteiger partial charge on any atom is -0.444 e. The van der Waals surface area contributed by atoms with Gasteiger partial charge in [0.05, 0.1) is 6.54 Å². The number of aromatic nitrogens is 1. The van der Waals surface area contributed by atoms with Gasteiger partial charge in [0, 0.05) is 23.3 Å². The molecule has 0 saturated carbocycles. The molecule has 1 atom stereocenters. The fourth-order valence-corrected chi connectivity index (χ4v) is 3.00. The highest BCUT2D eigenvalue weighted by Crippen LogP contribution is 2.26. The number of nitrogens with zero attached hydrogens (tertiary/aromatic N) is 1. The second-order valence-electron chi connectivity index (χ2n) is 6.08. The number of nitrogens with one attached hydrogen (secondary N) is 1. The maximum absolute atomic E-state index is 12.1. The van der Waals surface area contributed by atoms with Crippen LogP contribution < -0.4 is 10.5 Å². The molecule has 0 aliphatic carbocycles. The number of benzene rings is 1. The monoisotopic (exact) mass is 314 g/mol. The van der Waals surface area contributed by atoms with Crippen LogP contribution in [-0.4, -0.2) is 23.7 Å². The van der Waals surface area contributed by atoms with Gasteiger partial charge in [0.1, 0.15) is 6.10 Å². The van der Waals surface area contributed by atoms with Crippen LogP contribution in [-0.2, 0) is 4.74 Å². The summed E-state index contributed by atoms with van der Waals surface area (Å²) in [7, 11) is 0. The van der Waals surface area contributed by atoms with Crippen molar-refractivity contribution in [3.63, 3.8) is 0 Å². The summed E-state index contributed by atoms with van der Waals surface area (Å²) in [5, 5.41) is 1.77. The van der Waals surface area contributed by atoms with E-state index in [-0.39, 0.29) is 17.8 Å². The fraction of sp³-hybridized carbons (Fsp3) is 0.444. The first-order chi connectivity index (χ1) is 11.2. The Morgan fingerprint density at radius 1 is 1.17 bits per heavy atom. The highest BCUT2D eigenvalue weighted by molar-refractivity contribution is 5.93. The third kappa shape index (κ3) is 3.55. The molecule has 122 valence electrons. The molecule has 1 saturated heterocycles.